The minimum absolute atomic E-state index is 0.338. The zero-order chi connectivity index (χ0) is 12.5. The molecule has 0 saturated heterocycles. The summed E-state index contributed by atoms with van der Waals surface area (Å²) in [4.78, 5) is 10.9. The topological polar surface area (TPSA) is 35.5 Å². The lowest BCUT2D eigenvalue weighted by molar-refractivity contribution is -0.140. The second-order valence-corrected chi connectivity index (χ2v) is 5.58. The van der Waals surface area contributed by atoms with Crippen LogP contribution >= 0.6 is 0 Å². The van der Waals surface area contributed by atoms with Crippen LogP contribution in [0.5, 0.6) is 0 Å². The maximum Gasteiger partial charge on any atom is 0.330 e. The van der Waals surface area contributed by atoms with Gasteiger partial charge in [0.15, 0.2) is 0 Å². The molecule has 0 aromatic rings. The maximum absolute atomic E-state index is 10.9. The van der Waals surface area contributed by atoms with Crippen molar-refractivity contribution in [3.05, 3.63) is 24.8 Å². The Kier molecular flexibility index (Phi) is 3.25. The van der Waals surface area contributed by atoms with Crippen molar-refractivity contribution in [2.45, 2.75) is 25.4 Å². The highest BCUT2D eigenvalue weighted by Crippen LogP contribution is 2.57. The molecule has 2 bridgehead atoms. The van der Waals surface area contributed by atoms with E-state index < -0.39 is 0 Å². The fraction of sp³-hybridized carbons (Fsp3) is 0.667. The Morgan fingerprint density at radius 3 is 3.06 bits per heavy atom. The molecule has 2 saturated carbocycles. The third kappa shape index (κ3) is 2.01. The van der Waals surface area contributed by atoms with E-state index in [4.69, 9.17) is 9.47 Å². The first-order valence-electron chi connectivity index (χ1n) is 6.87. The number of carbonyl (C=O) groups is 1. The van der Waals surface area contributed by atoms with E-state index in [0.717, 1.165) is 23.7 Å². The van der Waals surface area contributed by atoms with Gasteiger partial charge in [-0.05, 0) is 42.9 Å². The summed E-state index contributed by atoms with van der Waals surface area (Å²) in [5.74, 6) is 2.84. The van der Waals surface area contributed by atoms with Crippen molar-refractivity contribution < 1.29 is 14.3 Å². The normalized spacial score (nSPS) is 39.9. The van der Waals surface area contributed by atoms with Gasteiger partial charge in [-0.15, -0.1) is 0 Å². The summed E-state index contributed by atoms with van der Waals surface area (Å²) in [6, 6.07) is 0. The predicted octanol–water partition coefficient (Wildman–Crippen LogP) is 2.33. The molecular weight excluding hydrogens is 228 g/mol. The fourth-order valence-electron chi connectivity index (χ4n) is 4.09. The third-order valence-corrected chi connectivity index (χ3v) is 4.77. The number of hydrogen-bond donors (Lipinski definition) is 0. The molecule has 0 radical (unpaired) electrons. The Labute approximate surface area is 108 Å². The Hall–Kier alpha value is -1.09. The average molecular weight is 248 g/mol. The molecule has 0 spiro atoms. The molecule has 3 heteroatoms. The molecule has 5 atom stereocenters. The minimum Gasteiger partial charge on any atom is -0.460 e. The van der Waals surface area contributed by atoms with Gasteiger partial charge in [0, 0.05) is 6.08 Å². The van der Waals surface area contributed by atoms with Crippen molar-refractivity contribution in [1.82, 2.24) is 0 Å². The molecule has 0 unspecified atom stereocenters. The summed E-state index contributed by atoms with van der Waals surface area (Å²) in [7, 11) is 0. The lowest BCUT2D eigenvalue weighted by Gasteiger charge is -2.31. The van der Waals surface area contributed by atoms with E-state index in [1.807, 2.05) is 0 Å². The summed E-state index contributed by atoms with van der Waals surface area (Å²) < 4.78 is 10.8. The lowest BCUT2D eigenvalue weighted by atomic mass is 9.80. The van der Waals surface area contributed by atoms with Gasteiger partial charge in [-0.1, -0.05) is 18.7 Å². The number of ether oxygens (including phenoxy) is 2. The van der Waals surface area contributed by atoms with E-state index in [1.54, 1.807) is 0 Å². The molecule has 3 aliphatic rings. The van der Waals surface area contributed by atoms with Gasteiger partial charge >= 0.3 is 5.97 Å². The van der Waals surface area contributed by atoms with Crippen LogP contribution in [0.3, 0.4) is 0 Å². The van der Waals surface area contributed by atoms with Crippen LogP contribution < -0.4 is 0 Å². The van der Waals surface area contributed by atoms with Crippen LogP contribution in [0.4, 0.5) is 0 Å². The molecule has 0 N–H and O–H groups in total. The first-order valence-corrected chi connectivity index (χ1v) is 6.87. The summed E-state index contributed by atoms with van der Waals surface area (Å²) in [6.07, 6.45) is 10.1. The van der Waals surface area contributed by atoms with Crippen molar-refractivity contribution in [3.63, 3.8) is 0 Å². The lowest BCUT2D eigenvalue weighted by Crippen LogP contribution is -2.31. The van der Waals surface area contributed by atoms with Gasteiger partial charge in [-0.3, -0.25) is 0 Å². The van der Waals surface area contributed by atoms with Crippen LogP contribution in [0.1, 0.15) is 19.3 Å². The van der Waals surface area contributed by atoms with E-state index in [-0.39, 0.29) is 5.97 Å². The highest BCUT2D eigenvalue weighted by Gasteiger charge is 2.52. The Bertz CT molecular complexity index is 374. The van der Waals surface area contributed by atoms with Crippen LogP contribution in [0.25, 0.3) is 0 Å². The Balaban J connectivity index is 1.43. The van der Waals surface area contributed by atoms with E-state index in [9.17, 15) is 4.79 Å². The molecule has 3 rings (SSSR count). The predicted molar refractivity (Wildman–Crippen MR) is 67.8 cm³/mol. The molecule has 2 fully saturated rings. The first kappa shape index (κ1) is 12.0. The Morgan fingerprint density at radius 2 is 2.22 bits per heavy atom. The summed E-state index contributed by atoms with van der Waals surface area (Å²) in [5, 5.41) is 0. The summed E-state index contributed by atoms with van der Waals surface area (Å²) in [6.45, 7) is 4.21. The molecule has 3 aliphatic carbocycles. The van der Waals surface area contributed by atoms with E-state index in [0.29, 0.717) is 19.3 Å². The zero-order valence-electron chi connectivity index (χ0n) is 10.6. The average Bonchev–Trinajstić information content (AvgIpc) is 3.05. The highest BCUT2D eigenvalue weighted by molar-refractivity contribution is 5.81. The number of carbonyl (C=O) groups excluding carboxylic acids is 1. The van der Waals surface area contributed by atoms with Gasteiger partial charge in [-0.25, -0.2) is 4.79 Å². The van der Waals surface area contributed by atoms with Gasteiger partial charge < -0.3 is 9.47 Å². The second kappa shape index (κ2) is 4.88. The van der Waals surface area contributed by atoms with Crippen LogP contribution in [0, 0.1) is 23.7 Å². The molecule has 0 aromatic carbocycles. The monoisotopic (exact) mass is 248 g/mol. The van der Waals surface area contributed by atoms with Crippen LogP contribution in [-0.4, -0.2) is 25.3 Å². The molecule has 0 aliphatic heterocycles. The summed E-state index contributed by atoms with van der Waals surface area (Å²) >= 11 is 0. The standard InChI is InChI=1S/C15H20O3/c1-2-15(16)18-7-6-17-14-9-10-8-13(14)12-5-3-4-11(10)12/h2-4,10-14H,1,5-9H2/t10-,11+,12-,13+,14-/m0/s1. The van der Waals surface area contributed by atoms with Crippen LogP contribution in [-0.2, 0) is 14.3 Å². The largest absolute Gasteiger partial charge is 0.460 e. The zero-order valence-corrected chi connectivity index (χ0v) is 10.6. The molecule has 0 heterocycles. The number of rotatable bonds is 5. The first-order chi connectivity index (χ1) is 8.79. The smallest absolute Gasteiger partial charge is 0.330 e. The van der Waals surface area contributed by atoms with Gasteiger partial charge in [0.05, 0.1) is 12.7 Å². The van der Waals surface area contributed by atoms with Gasteiger partial charge in [0.25, 0.3) is 0 Å². The molecule has 0 amide bonds. The van der Waals surface area contributed by atoms with Crippen molar-refractivity contribution in [2.75, 3.05) is 13.2 Å². The fourth-order valence-corrected chi connectivity index (χ4v) is 4.09. The van der Waals surface area contributed by atoms with Crippen molar-refractivity contribution >= 4 is 5.97 Å². The van der Waals surface area contributed by atoms with E-state index in [1.165, 1.54) is 25.3 Å². The number of esters is 1. The van der Waals surface area contributed by atoms with Gasteiger partial charge in [0.2, 0.25) is 0 Å². The number of fused-ring (bicyclic) bond motifs is 5. The molecule has 98 valence electrons. The molecule has 0 aromatic heterocycles. The molecular formula is C15H20O3. The van der Waals surface area contributed by atoms with Crippen LogP contribution in [0.2, 0.25) is 0 Å². The molecule has 3 nitrogen and oxygen atoms in total. The summed E-state index contributed by atoms with van der Waals surface area (Å²) in [5.41, 5.74) is 0. The van der Waals surface area contributed by atoms with Crippen molar-refractivity contribution in [1.29, 1.82) is 0 Å². The Morgan fingerprint density at radius 1 is 1.33 bits per heavy atom. The third-order valence-electron chi connectivity index (χ3n) is 4.77. The van der Waals surface area contributed by atoms with Crippen molar-refractivity contribution in [3.8, 4) is 0 Å². The number of allylic oxidation sites excluding steroid dienone is 2. The quantitative estimate of drug-likeness (QED) is 0.324. The minimum atomic E-state index is -0.369. The second-order valence-electron chi connectivity index (χ2n) is 5.58. The van der Waals surface area contributed by atoms with Crippen LogP contribution in [0.15, 0.2) is 24.8 Å². The van der Waals surface area contributed by atoms with E-state index >= 15 is 0 Å². The van der Waals surface area contributed by atoms with E-state index in [2.05, 4.69) is 18.7 Å². The van der Waals surface area contributed by atoms with Crippen molar-refractivity contribution in [2.24, 2.45) is 23.7 Å². The maximum atomic E-state index is 10.9. The van der Waals surface area contributed by atoms with Gasteiger partial charge in [0.1, 0.15) is 6.61 Å². The SMILES string of the molecule is C=CC(=O)OCCO[C@H]1C[C@@H]2C[C@@H]1[C@H]1CC=C[C@H]21. The molecule has 18 heavy (non-hydrogen) atoms. The highest BCUT2D eigenvalue weighted by atomic mass is 16.6. The number of hydrogen-bond acceptors (Lipinski definition) is 3. The van der Waals surface area contributed by atoms with Gasteiger partial charge in [-0.2, -0.15) is 0 Å².